The summed E-state index contributed by atoms with van der Waals surface area (Å²) in [6.07, 6.45) is 0. The highest BCUT2D eigenvalue weighted by Crippen LogP contribution is 2.36. The Morgan fingerprint density at radius 2 is 2.06 bits per heavy atom. The van der Waals surface area contributed by atoms with E-state index < -0.39 is 0 Å². The van der Waals surface area contributed by atoms with Gasteiger partial charge in [-0.2, -0.15) is 0 Å². The Balaban J connectivity index is 2.63. The first-order valence-electron chi connectivity index (χ1n) is 6.46. The van der Waals surface area contributed by atoms with Gasteiger partial charge >= 0.3 is 0 Å². The number of benzene rings is 1. The molecule has 2 rings (SSSR count). The highest BCUT2D eigenvalue weighted by atomic mass is 35.5. The third-order valence-corrected chi connectivity index (χ3v) is 3.40. The summed E-state index contributed by atoms with van der Waals surface area (Å²) in [5.41, 5.74) is 3.26. The molecular weight excluding hydrogens is 246 g/mol. The van der Waals surface area contributed by atoms with E-state index in [1.54, 1.807) is 0 Å². The summed E-state index contributed by atoms with van der Waals surface area (Å²) in [5, 5.41) is 5.18. The maximum Gasteiger partial charge on any atom is 0.153 e. The average molecular weight is 266 g/mol. The quantitative estimate of drug-likeness (QED) is 0.872. The molecule has 0 unspecified atom stereocenters. The second-order valence-electron chi connectivity index (χ2n) is 5.00. The number of rotatable bonds is 4. The van der Waals surface area contributed by atoms with E-state index in [1.807, 2.05) is 6.07 Å². The van der Waals surface area contributed by atoms with E-state index >= 15 is 0 Å². The lowest BCUT2D eigenvalue weighted by Crippen LogP contribution is -2.12. The molecule has 1 N–H and O–H groups in total. The van der Waals surface area contributed by atoms with Crippen molar-refractivity contribution < 1.29 is 4.42 Å². The summed E-state index contributed by atoms with van der Waals surface area (Å²) < 4.78 is 5.95. The molecule has 1 heterocycles. The van der Waals surface area contributed by atoms with Crippen molar-refractivity contribution in [1.29, 1.82) is 0 Å². The molecular formula is C15H20ClNO. The van der Waals surface area contributed by atoms with Crippen LogP contribution in [0.5, 0.6) is 0 Å². The summed E-state index contributed by atoms with van der Waals surface area (Å²) in [4.78, 5) is 0. The molecule has 18 heavy (non-hydrogen) atoms. The van der Waals surface area contributed by atoms with Gasteiger partial charge in [0.05, 0.1) is 11.6 Å². The molecule has 0 radical (unpaired) electrons. The zero-order chi connectivity index (χ0) is 13.3. The third kappa shape index (κ3) is 2.40. The average Bonchev–Trinajstić information content (AvgIpc) is 2.64. The lowest BCUT2D eigenvalue weighted by atomic mass is 9.98. The van der Waals surface area contributed by atoms with E-state index in [-0.39, 0.29) is 0 Å². The molecule has 0 saturated heterocycles. The maximum atomic E-state index is 6.27. The van der Waals surface area contributed by atoms with E-state index in [4.69, 9.17) is 16.0 Å². The van der Waals surface area contributed by atoms with E-state index in [1.165, 1.54) is 11.1 Å². The minimum atomic E-state index is 0.428. The Morgan fingerprint density at radius 1 is 1.33 bits per heavy atom. The molecule has 0 aliphatic carbocycles. The Hall–Kier alpha value is -0.990. The van der Waals surface area contributed by atoms with E-state index in [0.717, 1.165) is 29.8 Å². The lowest BCUT2D eigenvalue weighted by Gasteiger charge is -2.07. The minimum absolute atomic E-state index is 0.428. The van der Waals surface area contributed by atoms with E-state index in [2.05, 4.69) is 39.1 Å². The summed E-state index contributed by atoms with van der Waals surface area (Å²) >= 11 is 6.27. The highest BCUT2D eigenvalue weighted by molar-refractivity contribution is 6.35. The number of nitrogens with one attached hydrogen (secondary N) is 1. The van der Waals surface area contributed by atoms with Crippen molar-refractivity contribution in [3.05, 3.63) is 34.0 Å². The summed E-state index contributed by atoms with van der Waals surface area (Å²) in [6, 6.07) is 4.12. The van der Waals surface area contributed by atoms with Crippen LogP contribution in [0.2, 0.25) is 5.02 Å². The fraction of sp³-hybridized carbons (Fsp3) is 0.467. The molecule has 0 spiro atoms. The molecule has 0 atom stereocenters. The van der Waals surface area contributed by atoms with Gasteiger partial charge in [-0.3, -0.25) is 0 Å². The predicted molar refractivity (Wildman–Crippen MR) is 77.4 cm³/mol. The van der Waals surface area contributed by atoms with Gasteiger partial charge in [0.25, 0.3) is 0 Å². The van der Waals surface area contributed by atoms with Crippen LogP contribution in [-0.4, -0.2) is 6.54 Å². The van der Waals surface area contributed by atoms with Crippen molar-refractivity contribution >= 4 is 22.6 Å². The van der Waals surface area contributed by atoms with Gasteiger partial charge in [-0.25, -0.2) is 0 Å². The second kappa shape index (κ2) is 5.33. The number of furan rings is 1. The molecule has 0 fully saturated rings. The molecule has 3 heteroatoms. The van der Waals surface area contributed by atoms with Crippen LogP contribution in [0.3, 0.4) is 0 Å². The monoisotopic (exact) mass is 265 g/mol. The SMILES string of the molecule is CCNCc1oc2c(Cl)cc(C)cc2c1C(C)C. The molecule has 0 aliphatic rings. The molecule has 1 aromatic heterocycles. The standard InChI is InChI=1S/C15H20ClNO/c1-5-17-8-13-14(9(2)3)11-6-10(4)7-12(16)15(11)18-13/h6-7,9,17H,5,8H2,1-4H3. The highest BCUT2D eigenvalue weighted by Gasteiger charge is 2.18. The molecule has 1 aromatic carbocycles. The molecule has 0 amide bonds. The summed E-state index contributed by atoms with van der Waals surface area (Å²) in [6.45, 7) is 10.2. The third-order valence-electron chi connectivity index (χ3n) is 3.12. The Kier molecular flexibility index (Phi) is 3.98. The Labute approximate surface area is 113 Å². The van der Waals surface area contributed by atoms with E-state index in [9.17, 15) is 0 Å². The van der Waals surface area contributed by atoms with Gasteiger partial charge in [-0.15, -0.1) is 0 Å². The zero-order valence-electron chi connectivity index (χ0n) is 11.4. The molecule has 0 bridgehead atoms. The van der Waals surface area contributed by atoms with Crippen molar-refractivity contribution in [3.8, 4) is 0 Å². The fourth-order valence-corrected chi connectivity index (χ4v) is 2.68. The topological polar surface area (TPSA) is 25.2 Å². The number of hydrogen-bond donors (Lipinski definition) is 1. The molecule has 0 saturated carbocycles. The zero-order valence-corrected chi connectivity index (χ0v) is 12.2. The van der Waals surface area contributed by atoms with Gasteiger partial charge in [0, 0.05) is 10.9 Å². The second-order valence-corrected chi connectivity index (χ2v) is 5.40. The van der Waals surface area contributed by atoms with Gasteiger partial charge in [0.15, 0.2) is 5.58 Å². The first-order valence-corrected chi connectivity index (χ1v) is 6.84. The van der Waals surface area contributed by atoms with Crippen LogP contribution in [0.4, 0.5) is 0 Å². The van der Waals surface area contributed by atoms with Crippen molar-refractivity contribution in [1.82, 2.24) is 5.32 Å². The van der Waals surface area contributed by atoms with Crippen LogP contribution in [-0.2, 0) is 6.54 Å². The first-order chi connectivity index (χ1) is 8.54. The minimum Gasteiger partial charge on any atom is -0.458 e. The first kappa shape index (κ1) is 13.4. The normalized spacial score (nSPS) is 11.7. The van der Waals surface area contributed by atoms with Gasteiger partial charge in [-0.1, -0.05) is 32.4 Å². The molecule has 98 valence electrons. The summed E-state index contributed by atoms with van der Waals surface area (Å²) in [7, 11) is 0. The smallest absolute Gasteiger partial charge is 0.153 e. The number of hydrogen-bond acceptors (Lipinski definition) is 2. The predicted octanol–water partition coefficient (Wildman–Crippen LogP) is 4.63. The van der Waals surface area contributed by atoms with Gasteiger partial charge in [0.1, 0.15) is 5.76 Å². The molecule has 2 nitrogen and oxygen atoms in total. The van der Waals surface area contributed by atoms with Crippen molar-refractivity contribution in [2.45, 2.75) is 40.2 Å². The van der Waals surface area contributed by atoms with Crippen LogP contribution >= 0.6 is 11.6 Å². The van der Waals surface area contributed by atoms with Crippen molar-refractivity contribution in [2.75, 3.05) is 6.54 Å². The van der Waals surface area contributed by atoms with Crippen molar-refractivity contribution in [2.24, 2.45) is 0 Å². The maximum absolute atomic E-state index is 6.27. The fourth-order valence-electron chi connectivity index (χ4n) is 2.36. The van der Waals surface area contributed by atoms with Crippen molar-refractivity contribution in [3.63, 3.8) is 0 Å². The van der Waals surface area contributed by atoms with Crippen LogP contribution in [0, 0.1) is 6.92 Å². The Morgan fingerprint density at radius 3 is 2.67 bits per heavy atom. The van der Waals surface area contributed by atoms with Crippen LogP contribution in [0.25, 0.3) is 11.0 Å². The van der Waals surface area contributed by atoms with E-state index in [0.29, 0.717) is 10.9 Å². The number of fused-ring (bicyclic) bond motifs is 1. The summed E-state index contributed by atoms with van der Waals surface area (Å²) in [5.74, 6) is 1.44. The van der Waals surface area contributed by atoms with Crippen LogP contribution < -0.4 is 5.32 Å². The van der Waals surface area contributed by atoms with Gasteiger partial charge in [0.2, 0.25) is 0 Å². The largest absolute Gasteiger partial charge is 0.458 e. The van der Waals surface area contributed by atoms with Gasteiger partial charge in [-0.05, 0) is 37.1 Å². The molecule has 2 aromatic rings. The number of halogens is 1. The lowest BCUT2D eigenvalue weighted by molar-refractivity contribution is 0.510. The van der Waals surface area contributed by atoms with Crippen LogP contribution in [0.15, 0.2) is 16.5 Å². The van der Waals surface area contributed by atoms with Crippen LogP contribution in [0.1, 0.15) is 43.6 Å². The molecule has 0 aliphatic heterocycles. The number of aryl methyl sites for hydroxylation is 1. The Bertz CT molecular complexity index is 557. The van der Waals surface area contributed by atoms with Gasteiger partial charge < -0.3 is 9.73 Å².